The molecular weight excluding hydrogens is 294 g/mol. The fraction of sp³-hybridized carbons (Fsp3) is 0.118. The van der Waals surface area contributed by atoms with Gasteiger partial charge in [-0.3, -0.25) is 9.78 Å². The van der Waals surface area contributed by atoms with Crippen molar-refractivity contribution in [3.05, 3.63) is 71.5 Å². The van der Waals surface area contributed by atoms with Crippen molar-refractivity contribution in [1.29, 1.82) is 0 Å². The van der Waals surface area contributed by atoms with Gasteiger partial charge in [0.1, 0.15) is 5.01 Å². The molecule has 110 valence electrons. The van der Waals surface area contributed by atoms with Crippen LogP contribution in [0.5, 0.6) is 0 Å². The Morgan fingerprint density at radius 1 is 1.14 bits per heavy atom. The van der Waals surface area contributed by atoms with Crippen molar-refractivity contribution < 1.29 is 4.79 Å². The van der Waals surface area contributed by atoms with Crippen LogP contribution >= 0.6 is 11.3 Å². The van der Waals surface area contributed by atoms with Crippen LogP contribution in [0.1, 0.15) is 11.3 Å². The zero-order valence-corrected chi connectivity index (χ0v) is 12.7. The Balaban J connectivity index is 1.57. The van der Waals surface area contributed by atoms with Crippen LogP contribution in [0.4, 0.5) is 0 Å². The molecule has 0 aliphatic carbocycles. The van der Waals surface area contributed by atoms with Gasteiger partial charge < -0.3 is 5.32 Å². The number of benzene rings is 1. The van der Waals surface area contributed by atoms with Crippen molar-refractivity contribution in [3.63, 3.8) is 0 Å². The molecule has 3 aromatic rings. The lowest BCUT2D eigenvalue weighted by Gasteiger charge is -2.03. The van der Waals surface area contributed by atoms with E-state index < -0.39 is 0 Å². The molecule has 0 saturated carbocycles. The van der Waals surface area contributed by atoms with Crippen molar-refractivity contribution in [2.45, 2.75) is 13.0 Å². The Hall–Kier alpha value is -2.53. The lowest BCUT2D eigenvalue weighted by molar-refractivity contribution is -0.120. The van der Waals surface area contributed by atoms with Gasteiger partial charge in [0.2, 0.25) is 5.91 Å². The summed E-state index contributed by atoms with van der Waals surface area (Å²) in [6.45, 7) is 0.488. The highest BCUT2D eigenvalue weighted by Gasteiger charge is 2.08. The van der Waals surface area contributed by atoms with Crippen LogP contribution in [0.2, 0.25) is 0 Å². The maximum absolute atomic E-state index is 12.0. The molecule has 0 aliphatic rings. The number of nitrogens with one attached hydrogen (secondary N) is 1. The molecule has 0 atom stereocenters. The van der Waals surface area contributed by atoms with Gasteiger partial charge >= 0.3 is 0 Å². The van der Waals surface area contributed by atoms with Crippen molar-refractivity contribution in [2.75, 3.05) is 0 Å². The van der Waals surface area contributed by atoms with E-state index in [1.807, 2.05) is 47.8 Å². The maximum Gasteiger partial charge on any atom is 0.226 e. The molecule has 0 saturated heterocycles. The number of carbonyl (C=O) groups excluding carboxylic acids is 1. The molecule has 0 aliphatic heterocycles. The standard InChI is InChI=1S/C17H15N3OS/c21-16(19-11-13-5-4-8-18-10-13)9-15-12-22-17(20-15)14-6-2-1-3-7-14/h1-8,10,12H,9,11H2,(H,19,21). The Morgan fingerprint density at radius 3 is 2.77 bits per heavy atom. The van der Waals surface area contributed by atoms with E-state index >= 15 is 0 Å². The van der Waals surface area contributed by atoms with Crippen LogP contribution in [0.3, 0.4) is 0 Å². The number of carbonyl (C=O) groups is 1. The number of thiazole rings is 1. The first-order valence-electron chi connectivity index (χ1n) is 6.97. The topological polar surface area (TPSA) is 54.9 Å². The molecule has 0 spiro atoms. The number of rotatable bonds is 5. The molecule has 3 rings (SSSR count). The fourth-order valence-electron chi connectivity index (χ4n) is 2.03. The summed E-state index contributed by atoms with van der Waals surface area (Å²) < 4.78 is 0. The first-order chi connectivity index (χ1) is 10.8. The van der Waals surface area contributed by atoms with Crippen LogP contribution in [0, 0.1) is 0 Å². The van der Waals surface area contributed by atoms with Crippen molar-refractivity contribution in [2.24, 2.45) is 0 Å². The highest BCUT2D eigenvalue weighted by atomic mass is 32.1. The summed E-state index contributed by atoms with van der Waals surface area (Å²) in [7, 11) is 0. The zero-order chi connectivity index (χ0) is 15.2. The second-order valence-corrected chi connectivity index (χ2v) is 5.68. The number of nitrogens with zero attached hydrogens (tertiary/aromatic N) is 2. The van der Waals surface area contributed by atoms with Crippen LogP contribution < -0.4 is 5.32 Å². The average Bonchev–Trinajstić information content (AvgIpc) is 3.03. The monoisotopic (exact) mass is 309 g/mol. The number of pyridine rings is 1. The van der Waals surface area contributed by atoms with Gasteiger partial charge in [0, 0.05) is 29.9 Å². The van der Waals surface area contributed by atoms with Gasteiger partial charge in [-0.2, -0.15) is 0 Å². The Labute approximate surface area is 132 Å². The van der Waals surface area contributed by atoms with E-state index in [1.54, 1.807) is 23.7 Å². The molecule has 4 nitrogen and oxygen atoms in total. The summed E-state index contributed by atoms with van der Waals surface area (Å²) in [5, 5.41) is 5.76. The zero-order valence-electron chi connectivity index (χ0n) is 11.9. The van der Waals surface area contributed by atoms with E-state index in [1.165, 1.54) is 0 Å². The highest BCUT2D eigenvalue weighted by molar-refractivity contribution is 7.13. The van der Waals surface area contributed by atoms with E-state index in [0.717, 1.165) is 21.8 Å². The minimum atomic E-state index is -0.0336. The van der Waals surface area contributed by atoms with Gasteiger partial charge in [-0.15, -0.1) is 11.3 Å². The van der Waals surface area contributed by atoms with Gasteiger partial charge in [0.25, 0.3) is 0 Å². The predicted octanol–water partition coefficient (Wildman–Crippen LogP) is 3.06. The minimum absolute atomic E-state index is 0.0336. The van der Waals surface area contributed by atoms with Gasteiger partial charge in [0.15, 0.2) is 0 Å². The SMILES string of the molecule is O=C(Cc1csc(-c2ccccc2)n1)NCc1cccnc1. The molecular formula is C17H15N3OS. The first kappa shape index (κ1) is 14.4. The van der Waals surface area contributed by atoms with E-state index in [-0.39, 0.29) is 5.91 Å². The first-order valence-corrected chi connectivity index (χ1v) is 7.84. The van der Waals surface area contributed by atoms with Crippen LogP contribution in [-0.2, 0) is 17.8 Å². The van der Waals surface area contributed by atoms with E-state index in [2.05, 4.69) is 15.3 Å². The van der Waals surface area contributed by atoms with E-state index in [4.69, 9.17) is 0 Å². The third-order valence-electron chi connectivity index (χ3n) is 3.13. The van der Waals surface area contributed by atoms with Gasteiger partial charge in [-0.25, -0.2) is 4.98 Å². The summed E-state index contributed by atoms with van der Waals surface area (Å²) in [5.41, 5.74) is 2.86. The Kier molecular flexibility index (Phi) is 4.56. The molecule has 2 heterocycles. The van der Waals surface area contributed by atoms with Gasteiger partial charge in [0.05, 0.1) is 12.1 Å². The van der Waals surface area contributed by atoms with Crippen molar-refractivity contribution in [1.82, 2.24) is 15.3 Å². The molecule has 0 radical (unpaired) electrons. The number of hydrogen-bond donors (Lipinski definition) is 1. The molecule has 2 aromatic heterocycles. The second-order valence-electron chi connectivity index (χ2n) is 4.82. The summed E-state index contributed by atoms with van der Waals surface area (Å²) in [6.07, 6.45) is 3.76. The Morgan fingerprint density at radius 2 is 2.00 bits per heavy atom. The molecule has 1 N–H and O–H groups in total. The smallest absolute Gasteiger partial charge is 0.226 e. The van der Waals surface area contributed by atoms with Gasteiger partial charge in [-0.05, 0) is 11.6 Å². The molecule has 5 heteroatoms. The number of aromatic nitrogens is 2. The summed E-state index contributed by atoms with van der Waals surface area (Å²) in [5.74, 6) is -0.0336. The molecule has 1 amide bonds. The third kappa shape index (κ3) is 3.77. The lowest BCUT2D eigenvalue weighted by Crippen LogP contribution is -2.24. The largest absolute Gasteiger partial charge is 0.352 e. The molecule has 0 unspecified atom stereocenters. The average molecular weight is 309 g/mol. The van der Waals surface area contributed by atoms with Crippen molar-refractivity contribution >= 4 is 17.2 Å². The number of hydrogen-bond acceptors (Lipinski definition) is 4. The van der Waals surface area contributed by atoms with E-state index in [0.29, 0.717) is 13.0 Å². The summed E-state index contributed by atoms with van der Waals surface area (Å²) >= 11 is 1.56. The van der Waals surface area contributed by atoms with E-state index in [9.17, 15) is 4.79 Å². The molecule has 1 aromatic carbocycles. The predicted molar refractivity (Wildman–Crippen MR) is 87.3 cm³/mol. The number of amides is 1. The van der Waals surface area contributed by atoms with Crippen molar-refractivity contribution in [3.8, 4) is 10.6 Å². The quantitative estimate of drug-likeness (QED) is 0.788. The highest BCUT2D eigenvalue weighted by Crippen LogP contribution is 2.23. The van der Waals surface area contributed by atoms with Crippen LogP contribution in [-0.4, -0.2) is 15.9 Å². The Bertz CT molecular complexity index is 741. The molecule has 0 fully saturated rings. The normalized spacial score (nSPS) is 10.4. The summed E-state index contributed by atoms with van der Waals surface area (Å²) in [6, 6.07) is 13.8. The molecule has 22 heavy (non-hydrogen) atoms. The summed E-state index contributed by atoms with van der Waals surface area (Å²) in [4.78, 5) is 20.5. The second kappa shape index (κ2) is 6.95. The maximum atomic E-state index is 12.0. The van der Waals surface area contributed by atoms with Crippen LogP contribution in [0.25, 0.3) is 10.6 Å². The van der Waals surface area contributed by atoms with Crippen LogP contribution in [0.15, 0.2) is 60.2 Å². The fourth-order valence-corrected chi connectivity index (χ4v) is 2.86. The molecule has 0 bridgehead atoms. The third-order valence-corrected chi connectivity index (χ3v) is 4.07. The van der Waals surface area contributed by atoms with Gasteiger partial charge in [-0.1, -0.05) is 36.4 Å². The minimum Gasteiger partial charge on any atom is -0.352 e. The lowest BCUT2D eigenvalue weighted by atomic mass is 10.2.